The quantitative estimate of drug-likeness (QED) is 0.573. The van der Waals surface area contributed by atoms with E-state index in [1.165, 1.54) is 12.8 Å². The highest BCUT2D eigenvalue weighted by atomic mass is 19.1. The van der Waals surface area contributed by atoms with E-state index in [9.17, 15) is 4.39 Å². The minimum absolute atomic E-state index is 0.546. The Kier molecular flexibility index (Phi) is 5.53. The third-order valence-corrected chi connectivity index (χ3v) is 2.23. The number of hydrogen-bond donors (Lipinski definition) is 0. The summed E-state index contributed by atoms with van der Waals surface area (Å²) in [5.74, 6) is 1.30. The average Bonchev–Trinajstić information content (AvgIpc) is 1.85. The molecule has 0 N–H and O–H groups in total. The van der Waals surface area contributed by atoms with E-state index >= 15 is 0 Å². The minimum atomic E-state index is -0.631. The Bertz CT molecular complexity index is 88.9. The summed E-state index contributed by atoms with van der Waals surface area (Å²) in [7, 11) is 0. The zero-order chi connectivity index (χ0) is 8.85. The SMILES string of the molecule is CCC(C)CC(C)CC(C)F. The molecule has 0 nitrogen and oxygen atoms in total. The highest BCUT2D eigenvalue weighted by Crippen LogP contribution is 2.19. The number of halogens is 1. The molecule has 0 rings (SSSR count). The van der Waals surface area contributed by atoms with Crippen LogP contribution in [0.2, 0.25) is 0 Å². The molecule has 0 fully saturated rings. The molecule has 0 aliphatic carbocycles. The second-order valence-electron chi connectivity index (χ2n) is 3.87. The Morgan fingerprint density at radius 1 is 1.00 bits per heavy atom. The molecule has 0 heterocycles. The molecule has 0 amide bonds. The van der Waals surface area contributed by atoms with Crippen LogP contribution in [-0.4, -0.2) is 6.17 Å². The zero-order valence-corrected chi connectivity index (χ0v) is 8.23. The van der Waals surface area contributed by atoms with Crippen molar-refractivity contribution in [2.75, 3.05) is 0 Å². The maximum absolute atomic E-state index is 12.5. The smallest absolute Gasteiger partial charge is 0.0976 e. The van der Waals surface area contributed by atoms with Gasteiger partial charge in [0.15, 0.2) is 0 Å². The first-order valence-electron chi connectivity index (χ1n) is 4.70. The summed E-state index contributed by atoms with van der Waals surface area (Å²) in [5.41, 5.74) is 0. The van der Waals surface area contributed by atoms with Gasteiger partial charge in [-0.3, -0.25) is 0 Å². The molecule has 0 saturated heterocycles. The van der Waals surface area contributed by atoms with Crippen LogP contribution >= 0.6 is 0 Å². The molecule has 1 heteroatoms. The summed E-state index contributed by atoms with van der Waals surface area (Å²) in [4.78, 5) is 0. The van der Waals surface area contributed by atoms with E-state index in [1.807, 2.05) is 0 Å². The molecule has 0 radical (unpaired) electrons. The van der Waals surface area contributed by atoms with Crippen LogP contribution in [-0.2, 0) is 0 Å². The average molecular weight is 160 g/mol. The molecule has 0 aromatic carbocycles. The fraction of sp³-hybridized carbons (Fsp3) is 1.00. The first-order chi connectivity index (χ1) is 5.06. The standard InChI is InChI=1S/C10H21F/c1-5-8(2)6-9(3)7-10(4)11/h8-10H,5-7H2,1-4H3. The predicted octanol–water partition coefficient (Wildman–Crippen LogP) is 3.81. The van der Waals surface area contributed by atoms with Crippen LogP contribution in [0.1, 0.15) is 47.0 Å². The first kappa shape index (κ1) is 10.9. The largest absolute Gasteiger partial charge is 0.248 e. The van der Waals surface area contributed by atoms with Gasteiger partial charge < -0.3 is 0 Å². The Hall–Kier alpha value is -0.0700. The topological polar surface area (TPSA) is 0 Å². The van der Waals surface area contributed by atoms with E-state index in [1.54, 1.807) is 6.92 Å². The number of alkyl halides is 1. The fourth-order valence-corrected chi connectivity index (χ4v) is 1.50. The summed E-state index contributed by atoms with van der Waals surface area (Å²) in [6.07, 6.45) is 2.48. The highest BCUT2D eigenvalue weighted by Gasteiger charge is 2.10. The lowest BCUT2D eigenvalue weighted by molar-refractivity contribution is 0.271. The van der Waals surface area contributed by atoms with Gasteiger partial charge in [0.05, 0.1) is 6.17 Å². The molecule has 3 unspecified atom stereocenters. The van der Waals surface area contributed by atoms with Crippen molar-refractivity contribution in [2.24, 2.45) is 11.8 Å². The van der Waals surface area contributed by atoms with E-state index < -0.39 is 6.17 Å². The van der Waals surface area contributed by atoms with Gasteiger partial charge in [0.25, 0.3) is 0 Å². The molecule has 3 atom stereocenters. The molecular formula is C10H21F. The van der Waals surface area contributed by atoms with Gasteiger partial charge >= 0.3 is 0 Å². The van der Waals surface area contributed by atoms with Gasteiger partial charge in [-0.15, -0.1) is 0 Å². The lowest BCUT2D eigenvalue weighted by atomic mass is 9.92. The van der Waals surface area contributed by atoms with Gasteiger partial charge in [0.2, 0.25) is 0 Å². The molecule has 0 aromatic rings. The van der Waals surface area contributed by atoms with E-state index in [0.29, 0.717) is 5.92 Å². The van der Waals surface area contributed by atoms with Crippen LogP contribution in [0.5, 0.6) is 0 Å². The maximum Gasteiger partial charge on any atom is 0.0976 e. The molecule has 0 aromatic heterocycles. The molecule has 0 spiro atoms. The normalized spacial score (nSPS) is 19.4. The van der Waals surface area contributed by atoms with Crippen molar-refractivity contribution in [1.82, 2.24) is 0 Å². The molecule has 0 aliphatic rings. The number of hydrogen-bond acceptors (Lipinski definition) is 0. The van der Waals surface area contributed by atoms with Gasteiger partial charge in [0, 0.05) is 0 Å². The highest BCUT2D eigenvalue weighted by molar-refractivity contribution is 4.61. The second-order valence-corrected chi connectivity index (χ2v) is 3.87. The van der Waals surface area contributed by atoms with Crippen molar-refractivity contribution >= 4 is 0 Å². The van der Waals surface area contributed by atoms with Crippen LogP contribution < -0.4 is 0 Å². The van der Waals surface area contributed by atoms with Gasteiger partial charge in [0.1, 0.15) is 0 Å². The fourth-order valence-electron chi connectivity index (χ4n) is 1.50. The van der Waals surface area contributed by atoms with E-state index in [2.05, 4.69) is 20.8 Å². The molecule has 11 heavy (non-hydrogen) atoms. The molecule has 0 saturated carbocycles. The van der Waals surface area contributed by atoms with E-state index in [4.69, 9.17) is 0 Å². The van der Waals surface area contributed by atoms with Crippen LogP contribution in [0, 0.1) is 11.8 Å². The maximum atomic E-state index is 12.5. The van der Waals surface area contributed by atoms with Crippen molar-refractivity contribution in [3.63, 3.8) is 0 Å². The van der Waals surface area contributed by atoms with Gasteiger partial charge in [-0.1, -0.05) is 27.2 Å². The molecule has 0 aliphatic heterocycles. The van der Waals surface area contributed by atoms with Crippen molar-refractivity contribution < 1.29 is 4.39 Å². The van der Waals surface area contributed by atoms with Crippen LogP contribution in [0.3, 0.4) is 0 Å². The van der Waals surface area contributed by atoms with Crippen LogP contribution in [0.25, 0.3) is 0 Å². The van der Waals surface area contributed by atoms with Crippen LogP contribution in [0.4, 0.5) is 4.39 Å². The third kappa shape index (κ3) is 6.33. The summed E-state index contributed by atoms with van der Waals surface area (Å²) >= 11 is 0. The van der Waals surface area contributed by atoms with Crippen LogP contribution in [0.15, 0.2) is 0 Å². The minimum Gasteiger partial charge on any atom is -0.248 e. The predicted molar refractivity (Wildman–Crippen MR) is 48.4 cm³/mol. The van der Waals surface area contributed by atoms with Gasteiger partial charge in [-0.2, -0.15) is 0 Å². The first-order valence-corrected chi connectivity index (χ1v) is 4.70. The summed E-state index contributed by atoms with van der Waals surface area (Å²) in [5, 5.41) is 0. The van der Waals surface area contributed by atoms with Gasteiger partial charge in [-0.05, 0) is 31.6 Å². The summed E-state index contributed by atoms with van der Waals surface area (Å²) < 4.78 is 12.5. The van der Waals surface area contributed by atoms with E-state index in [0.717, 1.165) is 12.3 Å². The van der Waals surface area contributed by atoms with Crippen molar-refractivity contribution in [2.45, 2.75) is 53.1 Å². The van der Waals surface area contributed by atoms with E-state index in [-0.39, 0.29) is 0 Å². The Morgan fingerprint density at radius 3 is 1.91 bits per heavy atom. The summed E-state index contributed by atoms with van der Waals surface area (Å²) in [6, 6.07) is 0. The third-order valence-electron chi connectivity index (χ3n) is 2.23. The molecular weight excluding hydrogens is 139 g/mol. The zero-order valence-electron chi connectivity index (χ0n) is 8.23. The molecule has 68 valence electrons. The number of rotatable bonds is 5. The lowest BCUT2D eigenvalue weighted by Crippen LogP contribution is -2.07. The van der Waals surface area contributed by atoms with Crippen molar-refractivity contribution in [3.8, 4) is 0 Å². The summed E-state index contributed by atoms with van der Waals surface area (Å²) in [6.45, 7) is 8.21. The lowest BCUT2D eigenvalue weighted by Gasteiger charge is -2.15. The Morgan fingerprint density at radius 2 is 1.55 bits per heavy atom. The van der Waals surface area contributed by atoms with Gasteiger partial charge in [-0.25, -0.2) is 4.39 Å². The van der Waals surface area contributed by atoms with Crippen molar-refractivity contribution in [1.29, 1.82) is 0 Å². The Balaban J connectivity index is 3.43. The molecule has 0 bridgehead atoms. The van der Waals surface area contributed by atoms with Crippen molar-refractivity contribution in [3.05, 3.63) is 0 Å². The monoisotopic (exact) mass is 160 g/mol. The second kappa shape index (κ2) is 5.56. The Labute approximate surface area is 70.2 Å².